The van der Waals surface area contributed by atoms with Crippen molar-refractivity contribution in [3.8, 4) is 0 Å². The number of piperidine rings is 1. The SMILES string of the molecule is CCN1CCC(NC(=O)c2cc(Br)cs2)CC1. The summed E-state index contributed by atoms with van der Waals surface area (Å²) in [6.45, 7) is 5.48. The average molecular weight is 317 g/mol. The summed E-state index contributed by atoms with van der Waals surface area (Å²) in [6.07, 6.45) is 2.12. The van der Waals surface area contributed by atoms with E-state index in [1.165, 1.54) is 11.3 Å². The van der Waals surface area contributed by atoms with Gasteiger partial charge in [0.25, 0.3) is 5.91 Å². The third-order valence-electron chi connectivity index (χ3n) is 3.16. The molecule has 1 aromatic rings. The van der Waals surface area contributed by atoms with E-state index < -0.39 is 0 Å². The van der Waals surface area contributed by atoms with E-state index in [-0.39, 0.29) is 5.91 Å². The van der Waals surface area contributed by atoms with E-state index in [2.05, 4.69) is 33.1 Å². The molecule has 1 saturated heterocycles. The minimum Gasteiger partial charge on any atom is -0.349 e. The van der Waals surface area contributed by atoms with Crippen molar-refractivity contribution in [2.24, 2.45) is 0 Å². The van der Waals surface area contributed by atoms with Crippen LogP contribution in [0.2, 0.25) is 0 Å². The fourth-order valence-electron chi connectivity index (χ4n) is 2.08. The first-order valence-electron chi connectivity index (χ1n) is 5.96. The number of hydrogen-bond acceptors (Lipinski definition) is 3. The van der Waals surface area contributed by atoms with E-state index in [9.17, 15) is 4.79 Å². The highest BCUT2D eigenvalue weighted by atomic mass is 79.9. The predicted octanol–water partition coefficient (Wildman–Crippen LogP) is 2.72. The highest BCUT2D eigenvalue weighted by Crippen LogP contribution is 2.20. The highest BCUT2D eigenvalue weighted by molar-refractivity contribution is 9.10. The molecule has 3 nitrogen and oxygen atoms in total. The Labute approximate surface area is 114 Å². The van der Waals surface area contributed by atoms with E-state index in [1.54, 1.807) is 0 Å². The Morgan fingerprint density at radius 2 is 2.29 bits per heavy atom. The van der Waals surface area contributed by atoms with Crippen molar-refractivity contribution >= 4 is 33.2 Å². The Hall–Kier alpha value is -0.390. The molecule has 2 rings (SSSR count). The standard InChI is InChI=1S/C12H17BrN2OS/c1-2-15-5-3-10(4-6-15)14-12(16)11-7-9(13)8-17-11/h7-8,10H,2-6H2,1H3,(H,14,16). The maximum atomic E-state index is 11.9. The van der Waals surface area contributed by atoms with Gasteiger partial charge in [0.05, 0.1) is 4.88 Å². The summed E-state index contributed by atoms with van der Waals surface area (Å²) >= 11 is 4.85. The maximum Gasteiger partial charge on any atom is 0.261 e. The zero-order chi connectivity index (χ0) is 12.3. The molecule has 0 radical (unpaired) electrons. The van der Waals surface area contributed by atoms with Crippen molar-refractivity contribution in [3.05, 3.63) is 20.8 Å². The quantitative estimate of drug-likeness (QED) is 0.930. The van der Waals surface area contributed by atoms with Crippen molar-refractivity contribution in [2.45, 2.75) is 25.8 Å². The van der Waals surface area contributed by atoms with Gasteiger partial charge in [-0.3, -0.25) is 4.79 Å². The first-order valence-corrected chi connectivity index (χ1v) is 7.63. The van der Waals surface area contributed by atoms with E-state index in [0.717, 1.165) is 41.8 Å². The third-order valence-corrected chi connectivity index (χ3v) is 4.85. The second kappa shape index (κ2) is 5.98. The van der Waals surface area contributed by atoms with Gasteiger partial charge in [0, 0.05) is 29.0 Å². The predicted molar refractivity (Wildman–Crippen MR) is 74.6 cm³/mol. The minimum atomic E-state index is 0.0654. The van der Waals surface area contributed by atoms with E-state index in [1.807, 2.05) is 11.4 Å². The average Bonchev–Trinajstić information content (AvgIpc) is 2.77. The zero-order valence-electron chi connectivity index (χ0n) is 9.91. The Bertz CT molecular complexity index is 386. The number of carbonyl (C=O) groups excluding carboxylic acids is 1. The smallest absolute Gasteiger partial charge is 0.261 e. The molecule has 1 aliphatic rings. The van der Waals surface area contributed by atoms with Crippen molar-refractivity contribution in [1.29, 1.82) is 0 Å². The van der Waals surface area contributed by atoms with Gasteiger partial charge >= 0.3 is 0 Å². The molecule has 1 aliphatic heterocycles. The van der Waals surface area contributed by atoms with Gasteiger partial charge in [0.2, 0.25) is 0 Å². The van der Waals surface area contributed by atoms with Gasteiger partial charge in [-0.1, -0.05) is 6.92 Å². The lowest BCUT2D eigenvalue weighted by Crippen LogP contribution is -2.44. The fourth-order valence-corrected chi connectivity index (χ4v) is 3.41. The van der Waals surface area contributed by atoms with Crippen LogP contribution < -0.4 is 5.32 Å². The Kier molecular flexibility index (Phi) is 4.59. The summed E-state index contributed by atoms with van der Waals surface area (Å²) in [5.74, 6) is 0.0654. The molecule has 1 N–H and O–H groups in total. The van der Waals surface area contributed by atoms with Gasteiger partial charge in [0.1, 0.15) is 0 Å². The summed E-state index contributed by atoms with van der Waals surface area (Å²) in [4.78, 5) is 15.2. The summed E-state index contributed by atoms with van der Waals surface area (Å²) in [6, 6.07) is 2.22. The Morgan fingerprint density at radius 3 is 2.82 bits per heavy atom. The van der Waals surface area contributed by atoms with E-state index in [4.69, 9.17) is 0 Å². The van der Waals surface area contributed by atoms with Crippen LogP contribution in [0.4, 0.5) is 0 Å². The number of amides is 1. The van der Waals surface area contributed by atoms with Crippen molar-refractivity contribution < 1.29 is 4.79 Å². The first-order chi connectivity index (χ1) is 8.19. The number of likely N-dealkylation sites (tertiary alicyclic amines) is 1. The number of hydrogen-bond donors (Lipinski definition) is 1. The number of thiophene rings is 1. The molecule has 0 aromatic carbocycles. The second-order valence-electron chi connectivity index (χ2n) is 4.31. The number of halogens is 1. The molecule has 0 spiro atoms. The van der Waals surface area contributed by atoms with Gasteiger partial charge in [-0.15, -0.1) is 11.3 Å². The molecule has 0 atom stereocenters. The van der Waals surface area contributed by atoms with Crippen LogP contribution in [0.3, 0.4) is 0 Å². The van der Waals surface area contributed by atoms with Gasteiger partial charge in [-0.2, -0.15) is 0 Å². The van der Waals surface area contributed by atoms with Gasteiger partial charge in [-0.25, -0.2) is 0 Å². The lowest BCUT2D eigenvalue weighted by molar-refractivity contribution is 0.0917. The molecule has 5 heteroatoms. The van der Waals surface area contributed by atoms with E-state index >= 15 is 0 Å². The largest absolute Gasteiger partial charge is 0.349 e. The molecule has 17 heavy (non-hydrogen) atoms. The maximum absolute atomic E-state index is 11.9. The molecule has 0 bridgehead atoms. The van der Waals surface area contributed by atoms with Crippen LogP contribution in [0.25, 0.3) is 0 Å². The second-order valence-corrected chi connectivity index (χ2v) is 6.14. The summed E-state index contributed by atoms with van der Waals surface area (Å²) < 4.78 is 0.980. The molecule has 0 unspecified atom stereocenters. The minimum absolute atomic E-state index is 0.0654. The van der Waals surface area contributed by atoms with Gasteiger partial charge < -0.3 is 10.2 Å². The Morgan fingerprint density at radius 1 is 1.59 bits per heavy atom. The number of carbonyl (C=O) groups is 1. The molecule has 0 aliphatic carbocycles. The molecule has 94 valence electrons. The lowest BCUT2D eigenvalue weighted by atomic mass is 10.1. The monoisotopic (exact) mass is 316 g/mol. The lowest BCUT2D eigenvalue weighted by Gasteiger charge is -2.31. The molecule has 1 fully saturated rings. The molecular formula is C12H17BrN2OS. The normalized spacial score (nSPS) is 18.2. The van der Waals surface area contributed by atoms with Crippen LogP contribution in [0.15, 0.2) is 15.9 Å². The van der Waals surface area contributed by atoms with Gasteiger partial charge in [0.15, 0.2) is 0 Å². The van der Waals surface area contributed by atoms with Gasteiger partial charge in [-0.05, 0) is 41.4 Å². The highest BCUT2D eigenvalue weighted by Gasteiger charge is 2.20. The molecule has 0 saturated carbocycles. The first kappa shape index (κ1) is 13.1. The van der Waals surface area contributed by atoms with Crippen LogP contribution in [-0.2, 0) is 0 Å². The van der Waals surface area contributed by atoms with Crippen LogP contribution in [0.1, 0.15) is 29.4 Å². The van der Waals surface area contributed by atoms with E-state index in [0.29, 0.717) is 6.04 Å². The molecule has 1 amide bonds. The summed E-state index contributed by atoms with van der Waals surface area (Å²) in [5, 5.41) is 5.06. The summed E-state index contributed by atoms with van der Waals surface area (Å²) in [5.41, 5.74) is 0. The molecule has 2 heterocycles. The van der Waals surface area contributed by atoms with Crippen LogP contribution >= 0.6 is 27.3 Å². The fraction of sp³-hybridized carbons (Fsp3) is 0.583. The Balaban J connectivity index is 1.84. The molecule has 1 aromatic heterocycles. The number of nitrogens with zero attached hydrogens (tertiary/aromatic N) is 1. The van der Waals surface area contributed by atoms with Crippen molar-refractivity contribution in [1.82, 2.24) is 10.2 Å². The third kappa shape index (κ3) is 3.53. The van der Waals surface area contributed by atoms with Crippen LogP contribution in [0.5, 0.6) is 0 Å². The number of nitrogens with one attached hydrogen (secondary N) is 1. The summed E-state index contributed by atoms with van der Waals surface area (Å²) in [7, 11) is 0. The van der Waals surface area contributed by atoms with Crippen molar-refractivity contribution in [3.63, 3.8) is 0 Å². The zero-order valence-corrected chi connectivity index (χ0v) is 12.3. The number of rotatable bonds is 3. The topological polar surface area (TPSA) is 32.3 Å². The van der Waals surface area contributed by atoms with Crippen molar-refractivity contribution in [2.75, 3.05) is 19.6 Å². The van der Waals surface area contributed by atoms with Crippen LogP contribution in [0, 0.1) is 0 Å². The van der Waals surface area contributed by atoms with Crippen LogP contribution in [-0.4, -0.2) is 36.5 Å². The molecular weight excluding hydrogens is 300 g/mol.